The summed E-state index contributed by atoms with van der Waals surface area (Å²) in [5.74, 6) is 0.937. The molecule has 0 unspecified atom stereocenters. The van der Waals surface area contributed by atoms with Gasteiger partial charge in [0, 0.05) is 19.6 Å². The van der Waals surface area contributed by atoms with Crippen LogP contribution in [0.1, 0.15) is 12.8 Å². The fourth-order valence-electron chi connectivity index (χ4n) is 2.34. The number of para-hydroxylation sites is 2. The number of ether oxygens (including phenoxy) is 2. The lowest BCUT2D eigenvalue weighted by molar-refractivity contribution is -0.123. The Balaban J connectivity index is 1.73. The standard InChI is InChI=1S/C15H22N2O5S/c1-21-13-6-2-3-7-14(13)22-12-15(18)16-8-10-17-9-4-5-11-23(17,19)20/h2-3,6-7H,4-5,8-12H2,1H3,(H,16,18). The first-order chi connectivity index (χ1) is 11.0. The molecule has 0 saturated carbocycles. The molecule has 8 heteroatoms. The highest BCUT2D eigenvalue weighted by Crippen LogP contribution is 2.25. The van der Waals surface area contributed by atoms with Gasteiger partial charge in [0.25, 0.3) is 5.91 Å². The van der Waals surface area contributed by atoms with Crippen LogP contribution >= 0.6 is 0 Å². The van der Waals surface area contributed by atoms with Crippen molar-refractivity contribution in [1.82, 2.24) is 9.62 Å². The maximum atomic E-state index is 11.8. The molecule has 128 valence electrons. The van der Waals surface area contributed by atoms with E-state index in [1.54, 1.807) is 18.2 Å². The number of hydrogen-bond donors (Lipinski definition) is 1. The quantitative estimate of drug-likeness (QED) is 0.785. The van der Waals surface area contributed by atoms with Crippen LogP contribution in [-0.2, 0) is 14.8 Å². The summed E-state index contributed by atoms with van der Waals surface area (Å²) in [4.78, 5) is 11.8. The van der Waals surface area contributed by atoms with Crippen LogP contribution in [0.4, 0.5) is 0 Å². The van der Waals surface area contributed by atoms with Crippen molar-refractivity contribution in [3.05, 3.63) is 24.3 Å². The van der Waals surface area contributed by atoms with Crippen LogP contribution in [-0.4, -0.2) is 57.7 Å². The summed E-state index contributed by atoms with van der Waals surface area (Å²) in [5.41, 5.74) is 0. The monoisotopic (exact) mass is 342 g/mol. The fraction of sp³-hybridized carbons (Fsp3) is 0.533. The van der Waals surface area contributed by atoms with Crippen LogP contribution in [0, 0.1) is 0 Å². The van der Waals surface area contributed by atoms with Gasteiger partial charge in [0.1, 0.15) is 0 Å². The average molecular weight is 342 g/mol. The van der Waals surface area contributed by atoms with Gasteiger partial charge in [-0.25, -0.2) is 12.7 Å². The minimum absolute atomic E-state index is 0.146. The molecule has 0 spiro atoms. The molecule has 0 aliphatic carbocycles. The van der Waals surface area contributed by atoms with E-state index >= 15 is 0 Å². The molecule has 23 heavy (non-hydrogen) atoms. The summed E-state index contributed by atoms with van der Waals surface area (Å²) < 4.78 is 35.6. The maximum absolute atomic E-state index is 11.8. The van der Waals surface area contributed by atoms with Gasteiger partial charge in [-0.15, -0.1) is 0 Å². The van der Waals surface area contributed by atoms with E-state index in [2.05, 4.69) is 5.32 Å². The van der Waals surface area contributed by atoms with Gasteiger partial charge in [0.05, 0.1) is 12.9 Å². The summed E-state index contributed by atoms with van der Waals surface area (Å²) in [7, 11) is -1.62. The van der Waals surface area contributed by atoms with E-state index in [1.165, 1.54) is 11.4 Å². The first-order valence-electron chi connectivity index (χ1n) is 7.53. The van der Waals surface area contributed by atoms with E-state index in [-0.39, 0.29) is 24.8 Å². The lowest BCUT2D eigenvalue weighted by atomic mass is 10.3. The number of hydrogen-bond acceptors (Lipinski definition) is 5. The lowest BCUT2D eigenvalue weighted by Crippen LogP contribution is -2.43. The lowest BCUT2D eigenvalue weighted by Gasteiger charge is -2.26. The Morgan fingerprint density at radius 2 is 2.00 bits per heavy atom. The van der Waals surface area contributed by atoms with Crippen molar-refractivity contribution in [2.75, 3.05) is 39.1 Å². The Labute approximate surface area is 136 Å². The first kappa shape index (κ1) is 17.6. The van der Waals surface area contributed by atoms with E-state index in [9.17, 15) is 13.2 Å². The zero-order valence-corrected chi connectivity index (χ0v) is 14.0. The van der Waals surface area contributed by atoms with E-state index < -0.39 is 10.0 Å². The average Bonchev–Trinajstić information content (AvgIpc) is 2.54. The highest BCUT2D eigenvalue weighted by Gasteiger charge is 2.25. The van der Waals surface area contributed by atoms with Crippen molar-refractivity contribution in [3.63, 3.8) is 0 Å². The summed E-state index contributed by atoms with van der Waals surface area (Å²) in [6.07, 6.45) is 1.57. The number of sulfonamides is 1. The summed E-state index contributed by atoms with van der Waals surface area (Å²) in [6, 6.07) is 7.06. The molecule has 0 aromatic heterocycles. The normalized spacial score (nSPS) is 17.4. The van der Waals surface area contributed by atoms with Crippen molar-refractivity contribution >= 4 is 15.9 Å². The predicted molar refractivity (Wildman–Crippen MR) is 86.1 cm³/mol. The van der Waals surface area contributed by atoms with Gasteiger partial charge in [-0.2, -0.15) is 0 Å². The molecule has 1 aliphatic heterocycles. The number of carbonyl (C=O) groups excluding carboxylic acids is 1. The van der Waals surface area contributed by atoms with Crippen molar-refractivity contribution in [2.24, 2.45) is 0 Å². The predicted octanol–water partition coefficient (Wildman–Crippen LogP) is 0.616. The fourth-order valence-corrected chi connectivity index (χ4v) is 3.95. The molecule has 1 amide bonds. The van der Waals surface area contributed by atoms with Crippen LogP contribution in [0.5, 0.6) is 11.5 Å². The molecule has 1 aliphatic rings. The Hall–Kier alpha value is -1.80. The Morgan fingerprint density at radius 3 is 2.70 bits per heavy atom. The second kappa shape index (κ2) is 8.16. The molecule has 1 N–H and O–H groups in total. The van der Waals surface area contributed by atoms with Gasteiger partial charge in [0.2, 0.25) is 10.0 Å². The highest BCUT2D eigenvalue weighted by atomic mass is 32.2. The molecule has 2 rings (SSSR count). The third kappa shape index (κ3) is 5.11. The van der Waals surface area contributed by atoms with Gasteiger partial charge in [-0.05, 0) is 25.0 Å². The number of rotatable bonds is 7. The highest BCUT2D eigenvalue weighted by molar-refractivity contribution is 7.89. The van der Waals surface area contributed by atoms with Gasteiger partial charge < -0.3 is 14.8 Å². The second-order valence-electron chi connectivity index (χ2n) is 5.21. The van der Waals surface area contributed by atoms with Crippen molar-refractivity contribution in [3.8, 4) is 11.5 Å². The molecule has 1 aromatic carbocycles. The van der Waals surface area contributed by atoms with Crippen LogP contribution in [0.2, 0.25) is 0 Å². The first-order valence-corrected chi connectivity index (χ1v) is 9.14. The second-order valence-corrected chi connectivity index (χ2v) is 7.30. The van der Waals surface area contributed by atoms with E-state index in [4.69, 9.17) is 9.47 Å². The summed E-state index contributed by atoms with van der Waals surface area (Å²) in [6.45, 7) is 0.944. The number of nitrogens with zero attached hydrogens (tertiary/aromatic N) is 1. The zero-order valence-electron chi connectivity index (χ0n) is 13.2. The minimum atomic E-state index is -3.15. The molecule has 1 saturated heterocycles. The number of benzene rings is 1. The topological polar surface area (TPSA) is 84.9 Å². The molecule has 1 aromatic rings. The SMILES string of the molecule is COc1ccccc1OCC(=O)NCCN1CCCCS1(=O)=O. The maximum Gasteiger partial charge on any atom is 0.257 e. The third-order valence-electron chi connectivity index (χ3n) is 3.56. The molecule has 1 heterocycles. The van der Waals surface area contributed by atoms with Crippen LogP contribution < -0.4 is 14.8 Å². The molecule has 0 radical (unpaired) electrons. The molecular formula is C15H22N2O5S. The van der Waals surface area contributed by atoms with Crippen molar-refractivity contribution < 1.29 is 22.7 Å². The molecule has 7 nitrogen and oxygen atoms in total. The van der Waals surface area contributed by atoms with E-state index in [0.29, 0.717) is 31.0 Å². The van der Waals surface area contributed by atoms with Crippen molar-refractivity contribution in [2.45, 2.75) is 12.8 Å². The minimum Gasteiger partial charge on any atom is -0.493 e. The summed E-state index contributed by atoms with van der Waals surface area (Å²) >= 11 is 0. The Morgan fingerprint density at radius 1 is 1.26 bits per heavy atom. The van der Waals surface area contributed by atoms with Gasteiger partial charge in [0.15, 0.2) is 18.1 Å². The zero-order chi connectivity index (χ0) is 16.7. The van der Waals surface area contributed by atoms with Crippen molar-refractivity contribution in [1.29, 1.82) is 0 Å². The van der Waals surface area contributed by atoms with Gasteiger partial charge >= 0.3 is 0 Å². The number of methoxy groups -OCH3 is 1. The van der Waals surface area contributed by atoms with Gasteiger partial charge in [-0.1, -0.05) is 12.1 Å². The van der Waals surface area contributed by atoms with Crippen LogP contribution in [0.15, 0.2) is 24.3 Å². The summed E-state index contributed by atoms with van der Waals surface area (Å²) in [5, 5.41) is 2.66. The van der Waals surface area contributed by atoms with Crippen LogP contribution in [0.25, 0.3) is 0 Å². The Kier molecular flexibility index (Phi) is 6.23. The third-order valence-corrected chi connectivity index (χ3v) is 5.52. The molecule has 0 atom stereocenters. The molecule has 1 fully saturated rings. The molecule has 0 bridgehead atoms. The van der Waals surface area contributed by atoms with Gasteiger partial charge in [-0.3, -0.25) is 4.79 Å². The smallest absolute Gasteiger partial charge is 0.257 e. The van der Waals surface area contributed by atoms with E-state index in [0.717, 1.165) is 6.42 Å². The van der Waals surface area contributed by atoms with Crippen LogP contribution in [0.3, 0.4) is 0 Å². The Bertz CT molecular complexity index is 633. The number of amides is 1. The number of nitrogens with one attached hydrogen (secondary N) is 1. The van der Waals surface area contributed by atoms with E-state index in [1.807, 2.05) is 6.07 Å². The largest absolute Gasteiger partial charge is 0.493 e. The number of carbonyl (C=O) groups is 1. The molecular weight excluding hydrogens is 320 g/mol.